The van der Waals surface area contributed by atoms with E-state index in [1.165, 1.54) is 37.1 Å². The molecule has 0 amide bonds. The number of hydrogen-bond donors (Lipinski definition) is 0. The van der Waals surface area contributed by atoms with Crippen LogP contribution in [0, 0.1) is 0 Å². The zero-order valence-electron chi connectivity index (χ0n) is 16.5. The molecule has 0 aliphatic carbocycles. The fraction of sp³-hybridized carbons (Fsp3) is 0.375. The molecule has 1 aromatic carbocycles. The lowest BCUT2D eigenvalue weighted by molar-refractivity contribution is 0.201. The van der Waals surface area contributed by atoms with Crippen molar-refractivity contribution >= 4 is 0 Å². The highest BCUT2D eigenvalue weighted by atomic mass is 16.5. The maximum absolute atomic E-state index is 5.83. The average molecular weight is 376 g/mol. The van der Waals surface area contributed by atoms with Crippen molar-refractivity contribution in [2.75, 3.05) is 26.2 Å². The molecule has 28 heavy (non-hydrogen) atoms. The summed E-state index contributed by atoms with van der Waals surface area (Å²) in [5.74, 6) is 0.924. The number of ether oxygens (including phenoxy) is 1. The number of pyridine rings is 1. The fourth-order valence-corrected chi connectivity index (χ4v) is 3.71. The van der Waals surface area contributed by atoms with E-state index in [4.69, 9.17) is 4.74 Å². The number of allylic oxidation sites excluding steroid dienone is 1. The monoisotopic (exact) mass is 375 g/mol. The van der Waals surface area contributed by atoms with E-state index in [1.54, 1.807) is 6.20 Å². The first-order valence-corrected chi connectivity index (χ1v) is 10.3. The Hall–Kier alpha value is -2.59. The number of rotatable bonds is 8. The molecule has 0 N–H and O–H groups in total. The maximum atomic E-state index is 5.83. The molecular formula is C24H29N3O. The quantitative estimate of drug-likeness (QED) is 0.693. The van der Waals surface area contributed by atoms with Crippen molar-refractivity contribution in [3.63, 3.8) is 0 Å². The fourth-order valence-electron chi connectivity index (χ4n) is 3.71. The predicted molar refractivity (Wildman–Crippen MR) is 112 cm³/mol. The van der Waals surface area contributed by atoms with E-state index in [0.717, 1.165) is 37.5 Å². The summed E-state index contributed by atoms with van der Waals surface area (Å²) >= 11 is 0. The Labute approximate surface area is 168 Å². The molecule has 1 aromatic heterocycles. The molecule has 4 rings (SSSR count). The van der Waals surface area contributed by atoms with Gasteiger partial charge in [0.1, 0.15) is 12.4 Å². The van der Waals surface area contributed by atoms with E-state index >= 15 is 0 Å². The number of likely N-dealkylation sites (tertiary alicyclic amines) is 1. The van der Waals surface area contributed by atoms with Crippen LogP contribution in [0.15, 0.2) is 72.8 Å². The molecule has 0 saturated carbocycles. The normalized spacial score (nSPS) is 17.0. The van der Waals surface area contributed by atoms with E-state index in [2.05, 4.69) is 51.3 Å². The van der Waals surface area contributed by atoms with E-state index in [0.29, 0.717) is 6.61 Å². The standard InChI is InChI=1S/C24H29N3O/c1-2-13-25-23(5-1)20-28-24-11-17-26(18-12-24)16-10-21-6-8-22(9-7-21)19-27-14-3-4-15-27/h1-2,5-9,11-13,17H,3-4,10,14-16,18-20H2. The highest BCUT2D eigenvalue weighted by molar-refractivity contribution is 5.23. The predicted octanol–water partition coefficient (Wildman–Crippen LogP) is 4.15. The summed E-state index contributed by atoms with van der Waals surface area (Å²) in [6.45, 7) is 6.03. The maximum Gasteiger partial charge on any atom is 0.130 e. The highest BCUT2D eigenvalue weighted by Crippen LogP contribution is 2.15. The molecule has 3 heterocycles. The van der Waals surface area contributed by atoms with Crippen molar-refractivity contribution < 1.29 is 4.74 Å². The van der Waals surface area contributed by atoms with Gasteiger partial charge in [-0.1, -0.05) is 30.3 Å². The van der Waals surface area contributed by atoms with Crippen LogP contribution in [0.5, 0.6) is 0 Å². The summed E-state index contributed by atoms with van der Waals surface area (Å²) in [6.07, 6.45) is 11.9. The van der Waals surface area contributed by atoms with Crippen LogP contribution in [-0.2, 0) is 24.3 Å². The summed E-state index contributed by atoms with van der Waals surface area (Å²) in [4.78, 5) is 9.16. The van der Waals surface area contributed by atoms with Gasteiger partial charge in [-0.2, -0.15) is 0 Å². The van der Waals surface area contributed by atoms with Gasteiger partial charge in [0.05, 0.1) is 5.69 Å². The second-order valence-electron chi connectivity index (χ2n) is 7.58. The van der Waals surface area contributed by atoms with Crippen LogP contribution in [0.1, 0.15) is 29.7 Å². The molecular weight excluding hydrogens is 346 g/mol. The number of nitrogens with zero attached hydrogens (tertiary/aromatic N) is 3. The molecule has 4 heteroatoms. The molecule has 146 valence electrons. The largest absolute Gasteiger partial charge is 0.488 e. The Morgan fingerprint density at radius 3 is 2.50 bits per heavy atom. The number of hydrogen-bond acceptors (Lipinski definition) is 4. The van der Waals surface area contributed by atoms with Crippen LogP contribution in [0.2, 0.25) is 0 Å². The Morgan fingerprint density at radius 2 is 1.79 bits per heavy atom. The van der Waals surface area contributed by atoms with Crippen LogP contribution in [0.3, 0.4) is 0 Å². The summed E-state index contributed by atoms with van der Waals surface area (Å²) in [5.41, 5.74) is 3.79. The Balaban J connectivity index is 1.18. The highest BCUT2D eigenvalue weighted by Gasteiger charge is 2.11. The van der Waals surface area contributed by atoms with E-state index in [9.17, 15) is 0 Å². The van der Waals surface area contributed by atoms with Gasteiger partial charge in [-0.3, -0.25) is 9.88 Å². The SMILES string of the molecule is C1=CN(CCc2ccc(CN3CCCC3)cc2)CC=C1OCc1ccccn1. The lowest BCUT2D eigenvalue weighted by Crippen LogP contribution is -2.23. The summed E-state index contributed by atoms with van der Waals surface area (Å²) < 4.78 is 5.83. The summed E-state index contributed by atoms with van der Waals surface area (Å²) in [5, 5.41) is 0. The second-order valence-corrected chi connectivity index (χ2v) is 7.58. The lowest BCUT2D eigenvalue weighted by Gasteiger charge is -2.23. The molecule has 1 fully saturated rings. The minimum atomic E-state index is 0.515. The van der Waals surface area contributed by atoms with Gasteiger partial charge in [-0.05, 0) is 67.8 Å². The van der Waals surface area contributed by atoms with Crippen molar-refractivity contribution in [3.8, 4) is 0 Å². The first kappa shape index (κ1) is 18.8. The third-order valence-corrected chi connectivity index (χ3v) is 5.40. The molecule has 0 atom stereocenters. The molecule has 0 bridgehead atoms. The van der Waals surface area contributed by atoms with Gasteiger partial charge in [0.15, 0.2) is 0 Å². The number of benzene rings is 1. The smallest absolute Gasteiger partial charge is 0.130 e. The van der Waals surface area contributed by atoms with Crippen molar-refractivity contribution in [1.82, 2.24) is 14.8 Å². The van der Waals surface area contributed by atoms with Gasteiger partial charge in [0.25, 0.3) is 0 Å². The molecule has 2 aliphatic rings. The molecule has 2 aliphatic heterocycles. The summed E-state index contributed by atoms with van der Waals surface area (Å²) in [7, 11) is 0. The minimum Gasteiger partial charge on any atom is -0.488 e. The molecule has 2 aromatic rings. The van der Waals surface area contributed by atoms with Crippen LogP contribution in [-0.4, -0.2) is 41.0 Å². The second kappa shape index (κ2) is 9.56. The topological polar surface area (TPSA) is 28.6 Å². The van der Waals surface area contributed by atoms with Gasteiger partial charge in [0, 0.05) is 32.0 Å². The molecule has 1 saturated heterocycles. The molecule has 0 radical (unpaired) electrons. The van der Waals surface area contributed by atoms with Gasteiger partial charge in [0.2, 0.25) is 0 Å². The Kier molecular flexibility index (Phi) is 6.40. The zero-order valence-corrected chi connectivity index (χ0v) is 16.5. The zero-order chi connectivity index (χ0) is 19.0. The third kappa shape index (κ3) is 5.46. The first-order chi connectivity index (χ1) is 13.8. The molecule has 0 unspecified atom stereocenters. The average Bonchev–Trinajstić information content (AvgIpc) is 3.26. The van der Waals surface area contributed by atoms with E-state index in [1.807, 2.05) is 24.3 Å². The molecule has 0 spiro atoms. The van der Waals surface area contributed by atoms with Gasteiger partial charge >= 0.3 is 0 Å². The van der Waals surface area contributed by atoms with Crippen molar-refractivity contribution in [1.29, 1.82) is 0 Å². The van der Waals surface area contributed by atoms with Gasteiger partial charge in [-0.25, -0.2) is 0 Å². The van der Waals surface area contributed by atoms with Crippen LogP contribution < -0.4 is 0 Å². The minimum absolute atomic E-state index is 0.515. The first-order valence-electron chi connectivity index (χ1n) is 10.3. The van der Waals surface area contributed by atoms with Crippen LogP contribution in [0.25, 0.3) is 0 Å². The molecule has 4 nitrogen and oxygen atoms in total. The van der Waals surface area contributed by atoms with E-state index < -0.39 is 0 Å². The van der Waals surface area contributed by atoms with Crippen molar-refractivity contribution in [2.45, 2.75) is 32.4 Å². The van der Waals surface area contributed by atoms with Crippen LogP contribution in [0.4, 0.5) is 0 Å². The summed E-state index contributed by atoms with van der Waals surface area (Å²) in [6, 6.07) is 15.1. The Bertz CT molecular complexity index is 792. The van der Waals surface area contributed by atoms with E-state index in [-0.39, 0.29) is 0 Å². The third-order valence-electron chi connectivity index (χ3n) is 5.40. The van der Waals surface area contributed by atoms with Crippen molar-refractivity contribution in [3.05, 3.63) is 89.6 Å². The van der Waals surface area contributed by atoms with Gasteiger partial charge < -0.3 is 9.64 Å². The van der Waals surface area contributed by atoms with Crippen LogP contribution >= 0.6 is 0 Å². The Morgan fingerprint density at radius 1 is 0.964 bits per heavy atom. The lowest BCUT2D eigenvalue weighted by atomic mass is 10.1. The van der Waals surface area contributed by atoms with Gasteiger partial charge in [-0.15, -0.1) is 0 Å². The van der Waals surface area contributed by atoms with Crippen molar-refractivity contribution in [2.24, 2.45) is 0 Å². The number of aromatic nitrogens is 1.